The second kappa shape index (κ2) is 6.15. The standard InChI is InChI=1S/C14H20ClN3O/c1-9-6-12(9)18-14(16-2)17-8-10-4-5-11(15)7-13(10)19-3/h4-5,7,9,12H,6,8H2,1-3H3,(H2,16,17,18). The number of halogens is 1. The van der Waals surface area contributed by atoms with Crippen molar-refractivity contribution in [2.75, 3.05) is 14.2 Å². The van der Waals surface area contributed by atoms with E-state index in [0.717, 1.165) is 23.2 Å². The van der Waals surface area contributed by atoms with Crippen molar-refractivity contribution in [3.05, 3.63) is 28.8 Å². The first-order valence-corrected chi connectivity index (χ1v) is 6.81. The van der Waals surface area contributed by atoms with E-state index in [9.17, 15) is 0 Å². The molecule has 1 saturated carbocycles. The lowest BCUT2D eigenvalue weighted by Gasteiger charge is -2.13. The summed E-state index contributed by atoms with van der Waals surface area (Å²) in [5.41, 5.74) is 1.05. The Morgan fingerprint density at radius 1 is 1.53 bits per heavy atom. The summed E-state index contributed by atoms with van der Waals surface area (Å²) < 4.78 is 5.32. The lowest BCUT2D eigenvalue weighted by Crippen LogP contribution is -2.38. The van der Waals surface area contributed by atoms with E-state index in [0.29, 0.717) is 17.6 Å². The Bertz CT molecular complexity index is 476. The number of nitrogens with one attached hydrogen (secondary N) is 2. The molecule has 104 valence electrons. The highest BCUT2D eigenvalue weighted by molar-refractivity contribution is 6.30. The van der Waals surface area contributed by atoms with Crippen LogP contribution in [-0.2, 0) is 6.54 Å². The summed E-state index contributed by atoms with van der Waals surface area (Å²) in [4.78, 5) is 4.22. The molecular formula is C14H20ClN3O. The Morgan fingerprint density at radius 3 is 2.84 bits per heavy atom. The molecule has 19 heavy (non-hydrogen) atoms. The van der Waals surface area contributed by atoms with Crippen molar-refractivity contribution < 1.29 is 4.74 Å². The van der Waals surface area contributed by atoms with Gasteiger partial charge in [-0.2, -0.15) is 0 Å². The SMILES string of the molecule is CN=C(NCc1ccc(Cl)cc1OC)NC1CC1C. The number of guanidine groups is 1. The largest absolute Gasteiger partial charge is 0.496 e. The number of aliphatic imine (C=N–C) groups is 1. The van der Waals surface area contributed by atoms with Gasteiger partial charge in [0.2, 0.25) is 0 Å². The molecule has 2 N–H and O–H groups in total. The van der Waals surface area contributed by atoms with E-state index < -0.39 is 0 Å². The maximum Gasteiger partial charge on any atom is 0.191 e. The Labute approximate surface area is 119 Å². The van der Waals surface area contributed by atoms with Crippen LogP contribution in [0.15, 0.2) is 23.2 Å². The molecule has 0 aromatic heterocycles. The first kappa shape index (κ1) is 14.0. The van der Waals surface area contributed by atoms with Gasteiger partial charge in [0.1, 0.15) is 5.75 Å². The summed E-state index contributed by atoms with van der Waals surface area (Å²) in [6.45, 7) is 2.88. The van der Waals surface area contributed by atoms with Crippen LogP contribution in [0.1, 0.15) is 18.9 Å². The topological polar surface area (TPSA) is 45.7 Å². The van der Waals surface area contributed by atoms with E-state index in [1.165, 1.54) is 6.42 Å². The third-order valence-electron chi connectivity index (χ3n) is 3.35. The highest BCUT2D eigenvalue weighted by Crippen LogP contribution is 2.28. The zero-order valence-corrected chi connectivity index (χ0v) is 12.3. The molecule has 2 unspecified atom stereocenters. The van der Waals surface area contributed by atoms with Crippen molar-refractivity contribution in [3.8, 4) is 5.75 Å². The van der Waals surface area contributed by atoms with E-state index in [1.54, 1.807) is 14.2 Å². The highest BCUT2D eigenvalue weighted by atomic mass is 35.5. The number of hydrogen-bond acceptors (Lipinski definition) is 2. The van der Waals surface area contributed by atoms with E-state index in [4.69, 9.17) is 16.3 Å². The normalized spacial score (nSPS) is 22.0. The van der Waals surface area contributed by atoms with Crippen molar-refractivity contribution >= 4 is 17.6 Å². The van der Waals surface area contributed by atoms with Gasteiger partial charge in [0.15, 0.2) is 5.96 Å². The van der Waals surface area contributed by atoms with Gasteiger partial charge >= 0.3 is 0 Å². The molecule has 0 bridgehead atoms. The number of ether oxygens (including phenoxy) is 1. The van der Waals surface area contributed by atoms with Gasteiger partial charge in [0.25, 0.3) is 0 Å². The van der Waals surface area contributed by atoms with Gasteiger partial charge in [-0.1, -0.05) is 24.6 Å². The van der Waals surface area contributed by atoms with Crippen LogP contribution >= 0.6 is 11.6 Å². The fourth-order valence-electron chi connectivity index (χ4n) is 1.94. The van der Waals surface area contributed by atoms with Crippen molar-refractivity contribution in [2.24, 2.45) is 10.9 Å². The van der Waals surface area contributed by atoms with Crippen molar-refractivity contribution in [3.63, 3.8) is 0 Å². The summed E-state index contributed by atoms with van der Waals surface area (Å²) in [6.07, 6.45) is 1.21. The molecule has 0 amide bonds. The molecule has 1 fully saturated rings. The van der Waals surface area contributed by atoms with Crippen LogP contribution in [0.2, 0.25) is 5.02 Å². The fraction of sp³-hybridized carbons (Fsp3) is 0.500. The zero-order valence-electron chi connectivity index (χ0n) is 11.5. The minimum absolute atomic E-state index is 0.554. The Morgan fingerprint density at radius 2 is 2.26 bits per heavy atom. The average molecular weight is 282 g/mol. The van der Waals surface area contributed by atoms with Gasteiger partial charge < -0.3 is 15.4 Å². The molecule has 0 aliphatic heterocycles. The quantitative estimate of drug-likeness (QED) is 0.658. The maximum atomic E-state index is 5.94. The lowest BCUT2D eigenvalue weighted by atomic mass is 10.2. The van der Waals surface area contributed by atoms with Gasteiger partial charge in [-0.3, -0.25) is 4.99 Å². The van der Waals surface area contributed by atoms with E-state index in [2.05, 4.69) is 22.5 Å². The van der Waals surface area contributed by atoms with E-state index in [-0.39, 0.29) is 0 Å². The molecule has 1 aromatic rings. The maximum absolute atomic E-state index is 5.94. The van der Waals surface area contributed by atoms with E-state index in [1.807, 2.05) is 18.2 Å². The number of benzene rings is 1. The summed E-state index contributed by atoms with van der Waals surface area (Å²) in [7, 11) is 3.43. The Kier molecular flexibility index (Phi) is 4.53. The van der Waals surface area contributed by atoms with Gasteiger partial charge in [-0.15, -0.1) is 0 Å². The summed E-state index contributed by atoms with van der Waals surface area (Å²) in [6, 6.07) is 6.19. The Balaban J connectivity index is 1.93. The van der Waals surface area contributed by atoms with Crippen LogP contribution < -0.4 is 15.4 Å². The molecule has 0 radical (unpaired) electrons. The molecule has 4 nitrogen and oxygen atoms in total. The van der Waals surface area contributed by atoms with Crippen molar-refractivity contribution in [1.29, 1.82) is 0 Å². The average Bonchev–Trinajstić information content (AvgIpc) is 3.10. The molecule has 0 heterocycles. The first-order chi connectivity index (χ1) is 9.13. The summed E-state index contributed by atoms with van der Waals surface area (Å²) in [5.74, 6) is 2.35. The van der Waals surface area contributed by atoms with Crippen LogP contribution in [0.5, 0.6) is 5.75 Å². The number of nitrogens with zero attached hydrogens (tertiary/aromatic N) is 1. The third-order valence-corrected chi connectivity index (χ3v) is 3.59. The van der Waals surface area contributed by atoms with Crippen molar-refractivity contribution in [1.82, 2.24) is 10.6 Å². The van der Waals surface area contributed by atoms with Crippen LogP contribution in [0, 0.1) is 5.92 Å². The monoisotopic (exact) mass is 281 g/mol. The van der Waals surface area contributed by atoms with Gasteiger partial charge in [-0.25, -0.2) is 0 Å². The van der Waals surface area contributed by atoms with Gasteiger partial charge in [0, 0.05) is 30.2 Å². The minimum Gasteiger partial charge on any atom is -0.496 e. The molecule has 1 aliphatic rings. The molecule has 2 atom stereocenters. The van der Waals surface area contributed by atoms with Crippen molar-refractivity contribution in [2.45, 2.75) is 25.9 Å². The minimum atomic E-state index is 0.554. The second-order valence-corrected chi connectivity index (χ2v) is 5.28. The highest BCUT2D eigenvalue weighted by Gasteiger charge is 2.33. The molecule has 1 aliphatic carbocycles. The molecule has 1 aromatic carbocycles. The molecule has 0 saturated heterocycles. The van der Waals surface area contributed by atoms with Crippen LogP contribution in [0.4, 0.5) is 0 Å². The lowest BCUT2D eigenvalue weighted by molar-refractivity contribution is 0.409. The van der Waals surface area contributed by atoms with Gasteiger partial charge in [0.05, 0.1) is 7.11 Å². The molecule has 5 heteroatoms. The summed E-state index contributed by atoms with van der Waals surface area (Å²) >= 11 is 5.94. The zero-order chi connectivity index (χ0) is 13.8. The smallest absolute Gasteiger partial charge is 0.191 e. The predicted octanol–water partition coefficient (Wildman–Crippen LogP) is 2.42. The second-order valence-electron chi connectivity index (χ2n) is 4.85. The number of rotatable bonds is 4. The number of hydrogen-bond donors (Lipinski definition) is 2. The first-order valence-electron chi connectivity index (χ1n) is 6.43. The summed E-state index contributed by atoms with van der Waals surface area (Å²) in [5, 5.41) is 7.34. The predicted molar refractivity (Wildman–Crippen MR) is 78.9 cm³/mol. The fourth-order valence-corrected chi connectivity index (χ4v) is 2.10. The van der Waals surface area contributed by atoms with Gasteiger partial charge in [-0.05, 0) is 24.5 Å². The third kappa shape index (κ3) is 3.77. The molecule has 0 spiro atoms. The van der Waals surface area contributed by atoms with Crippen LogP contribution in [0.3, 0.4) is 0 Å². The Hall–Kier alpha value is -1.42. The molecular weight excluding hydrogens is 262 g/mol. The van der Waals surface area contributed by atoms with Crippen LogP contribution in [-0.4, -0.2) is 26.2 Å². The van der Waals surface area contributed by atoms with E-state index >= 15 is 0 Å². The molecule has 2 rings (SSSR count). The number of methoxy groups -OCH3 is 1. The van der Waals surface area contributed by atoms with Crippen LogP contribution in [0.25, 0.3) is 0 Å².